The molecular weight excluding hydrogens is 280 g/mol. The summed E-state index contributed by atoms with van der Waals surface area (Å²) in [6, 6.07) is 6.00. The second kappa shape index (κ2) is 7.01. The molecule has 5 nitrogen and oxygen atoms in total. The van der Waals surface area contributed by atoms with E-state index in [1.807, 2.05) is 30.1 Å². The van der Waals surface area contributed by atoms with Gasteiger partial charge in [0.1, 0.15) is 13.2 Å². The topological polar surface area (TPSA) is 42.0 Å². The summed E-state index contributed by atoms with van der Waals surface area (Å²) in [5.41, 5.74) is 1.14. The summed E-state index contributed by atoms with van der Waals surface area (Å²) in [5.74, 6) is 1.85. The van der Waals surface area contributed by atoms with Crippen LogP contribution in [0.15, 0.2) is 18.2 Å². The lowest BCUT2D eigenvalue weighted by atomic mass is 10.1. The molecular formula is C17H24N2O3. The van der Waals surface area contributed by atoms with Crippen LogP contribution in [-0.2, 0) is 11.3 Å². The van der Waals surface area contributed by atoms with Crippen LogP contribution in [0.5, 0.6) is 11.5 Å². The van der Waals surface area contributed by atoms with E-state index in [0.717, 1.165) is 49.5 Å². The van der Waals surface area contributed by atoms with Crippen molar-refractivity contribution in [3.63, 3.8) is 0 Å². The first kappa shape index (κ1) is 15.2. The van der Waals surface area contributed by atoms with Crippen molar-refractivity contribution in [1.82, 2.24) is 9.80 Å². The number of carbonyl (C=O) groups excluding carboxylic acids is 1. The molecule has 120 valence electrons. The first-order valence-corrected chi connectivity index (χ1v) is 8.07. The average molecular weight is 304 g/mol. The molecule has 1 saturated heterocycles. The van der Waals surface area contributed by atoms with Crippen molar-refractivity contribution >= 4 is 5.91 Å². The summed E-state index contributed by atoms with van der Waals surface area (Å²) in [7, 11) is 1.98. The van der Waals surface area contributed by atoms with Gasteiger partial charge in [0, 0.05) is 19.6 Å². The molecule has 1 aromatic carbocycles. The molecule has 0 radical (unpaired) electrons. The zero-order chi connectivity index (χ0) is 15.4. The summed E-state index contributed by atoms with van der Waals surface area (Å²) in [6.07, 6.45) is 3.52. The molecule has 0 aliphatic carbocycles. The fraction of sp³-hybridized carbons (Fsp3) is 0.588. The number of likely N-dealkylation sites (tertiary alicyclic amines) is 1. The molecule has 3 rings (SSSR count). The molecule has 22 heavy (non-hydrogen) atoms. The van der Waals surface area contributed by atoms with E-state index >= 15 is 0 Å². The van der Waals surface area contributed by atoms with Crippen molar-refractivity contribution < 1.29 is 14.3 Å². The van der Waals surface area contributed by atoms with Crippen LogP contribution in [0.1, 0.15) is 24.8 Å². The summed E-state index contributed by atoms with van der Waals surface area (Å²) in [4.78, 5) is 16.3. The highest BCUT2D eigenvalue weighted by Gasteiger charge is 2.18. The number of piperidine rings is 1. The van der Waals surface area contributed by atoms with E-state index in [1.165, 1.54) is 6.42 Å². The van der Waals surface area contributed by atoms with Gasteiger partial charge in [-0.1, -0.05) is 6.07 Å². The predicted octanol–water partition coefficient (Wildman–Crippen LogP) is 1.90. The van der Waals surface area contributed by atoms with Gasteiger partial charge in [0.05, 0.1) is 6.54 Å². The number of ether oxygens (including phenoxy) is 2. The summed E-state index contributed by atoms with van der Waals surface area (Å²) in [6.45, 7) is 4.23. The van der Waals surface area contributed by atoms with Crippen LogP contribution in [0.4, 0.5) is 0 Å². The summed E-state index contributed by atoms with van der Waals surface area (Å²) in [5, 5.41) is 0. The Hall–Kier alpha value is -1.75. The van der Waals surface area contributed by atoms with Crippen LogP contribution < -0.4 is 9.47 Å². The summed E-state index contributed by atoms with van der Waals surface area (Å²) < 4.78 is 11.1. The van der Waals surface area contributed by atoms with E-state index < -0.39 is 0 Å². The average Bonchev–Trinajstić information content (AvgIpc) is 2.55. The molecule has 1 fully saturated rings. The highest BCUT2D eigenvalue weighted by atomic mass is 16.6. The van der Waals surface area contributed by atoms with Crippen LogP contribution in [0.2, 0.25) is 0 Å². The van der Waals surface area contributed by atoms with E-state index in [2.05, 4.69) is 4.90 Å². The first-order valence-electron chi connectivity index (χ1n) is 8.07. The molecule has 0 aromatic heterocycles. The quantitative estimate of drug-likeness (QED) is 0.852. The predicted molar refractivity (Wildman–Crippen MR) is 84.2 cm³/mol. The SMILES string of the molecule is CN(CC(=O)N1CCCCC1)Cc1ccc2c(c1)OCCO2. The third kappa shape index (κ3) is 3.71. The van der Waals surface area contributed by atoms with Crippen LogP contribution in [-0.4, -0.2) is 55.6 Å². The molecule has 0 unspecified atom stereocenters. The largest absolute Gasteiger partial charge is 0.486 e. The first-order chi connectivity index (χ1) is 10.7. The number of hydrogen-bond acceptors (Lipinski definition) is 4. The van der Waals surface area contributed by atoms with Gasteiger partial charge in [0.2, 0.25) is 5.91 Å². The van der Waals surface area contributed by atoms with E-state index in [-0.39, 0.29) is 5.91 Å². The minimum Gasteiger partial charge on any atom is -0.486 e. The highest BCUT2D eigenvalue weighted by molar-refractivity contribution is 5.78. The Bertz CT molecular complexity index is 527. The van der Waals surface area contributed by atoms with Gasteiger partial charge in [-0.25, -0.2) is 0 Å². The van der Waals surface area contributed by atoms with Gasteiger partial charge < -0.3 is 14.4 Å². The second-order valence-electron chi connectivity index (χ2n) is 6.09. The van der Waals surface area contributed by atoms with Crippen LogP contribution in [0.25, 0.3) is 0 Å². The van der Waals surface area contributed by atoms with Gasteiger partial charge >= 0.3 is 0 Å². The third-order valence-corrected chi connectivity index (χ3v) is 4.17. The molecule has 0 saturated carbocycles. The smallest absolute Gasteiger partial charge is 0.236 e. The minimum absolute atomic E-state index is 0.236. The summed E-state index contributed by atoms with van der Waals surface area (Å²) >= 11 is 0. The number of rotatable bonds is 4. The lowest BCUT2D eigenvalue weighted by molar-refractivity contribution is -0.133. The van der Waals surface area contributed by atoms with Crippen molar-refractivity contribution in [3.8, 4) is 11.5 Å². The third-order valence-electron chi connectivity index (χ3n) is 4.17. The molecule has 0 atom stereocenters. The van der Waals surface area contributed by atoms with Gasteiger partial charge in [-0.3, -0.25) is 9.69 Å². The second-order valence-corrected chi connectivity index (χ2v) is 6.09. The normalized spacial score (nSPS) is 17.6. The van der Waals surface area contributed by atoms with Crippen molar-refractivity contribution in [2.24, 2.45) is 0 Å². The Morgan fingerprint density at radius 2 is 1.86 bits per heavy atom. The molecule has 2 aliphatic rings. The number of nitrogens with zero attached hydrogens (tertiary/aromatic N) is 2. The zero-order valence-electron chi connectivity index (χ0n) is 13.2. The molecule has 2 heterocycles. The van der Waals surface area contributed by atoms with Gasteiger partial charge in [-0.05, 0) is 44.0 Å². The standard InChI is InChI=1S/C17H24N2O3/c1-18(13-17(20)19-7-3-2-4-8-19)12-14-5-6-15-16(11-14)22-10-9-21-15/h5-6,11H,2-4,7-10,12-13H2,1H3. The van der Waals surface area contributed by atoms with E-state index in [9.17, 15) is 4.79 Å². The molecule has 0 spiro atoms. The number of likely N-dealkylation sites (N-methyl/N-ethyl adjacent to an activating group) is 1. The molecule has 1 aromatic rings. The van der Waals surface area contributed by atoms with E-state index in [0.29, 0.717) is 19.8 Å². The van der Waals surface area contributed by atoms with Crippen molar-refractivity contribution in [2.75, 3.05) is 39.9 Å². The van der Waals surface area contributed by atoms with Gasteiger partial charge in [0.15, 0.2) is 11.5 Å². The Morgan fingerprint density at radius 1 is 1.14 bits per heavy atom. The Morgan fingerprint density at radius 3 is 2.64 bits per heavy atom. The number of fused-ring (bicyclic) bond motifs is 1. The maximum Gasteiger partial charge on any atom is 0.236 e. The zero-order valence-corrected chi connectivity index (χ0v) is 13.2. The Kier molecular flexibility index (Phi) is 4.83. The lowest BCUT2D eigenvalue weighted by Gasteiger charge is -2.28. The number of hydrogen-bond donors (Lipinski definition) is 0. The van der Waals surface area contributed by atoms with Crippen LogP contribution >= 0.6 is 0 Å². The molecule has 1 amide bonds. The molecule has 0 bridgehead atoms. The lowest BCUT2D eigenvalue weighted by Crippen LogP contribution is -2.41. The maximum atomic E-state index is 12.3. The van der Waals surface area contributed by atoms with Gasteiger partial charge in [-0.2, -0.15) is 0 Å². The van der Waals surface area contributed by atoms with E-state index in [4.69, 9.17) is 9.47 Å². The van der Waals surface area contributed by atoms with Crippen LogP contribution in [0, 0.1) is 0 Å². The highest BCUT2D eigenvalue weighted by Crippen LogP contribution is 2.31. The van der Waals surface area contributed by atoms with Gasteiger partial charge in [-0.15, -0.1) is 0 Å². The maximum absolute atomic E-state index is 12.3. The Labute approximate surface area is 131 Å². The fourth-order valence-electron chi connectivity index (χ4n) is 3.03. The Balaban J connectivity index is 1.54. The van der Waals surface area contributed by atoms with Crippen molar-refractivity contribution in [2.45, 2.75) is 25.8 Å². The number of amides is 1. The molecule has 2 aliphatic heterocycles. The minimum atomic E-state index is 0.236. The van der Waals surface area contributed by atoms with E-state index in [1.54, 1.807) is 0 Å². The van der Waals surface area contributed by atoms with Crippen molar-refractivity contribution in [3.05, 3.63) is 23.8 Å². The van der Waals surface area contributed by atoms with Crippen molar-refractivity contribution in [1.29, 1.82) is 0 Å². The number of carbonyl (C=O) groups is 1. The molecule has 0 N–H and O–H groups in total. The molecule has 5 heteroatoms. The van der Waals surface area contributed by atoms with Crippen LogP contribution in [0.3, 0.4) is 0 Å². The van der Waals surface area contributed by atoms with Gasteiger partial charge in [0.25, 0.3) is 0 Å². The number of benzene rings is 1. The fourth-order valence-corrected chi connectivity index (χ4v) is 3.03. The monoisotopic (exact) mass is 304 g/mol.